The van der Waals surface area contributed by atoms with Gasteiger partial charge in [-0.3, -0.25) is 19.3 Å². The average Bonchev–Trinajstić information content (AvgIpc) is 3.26. The molecule has 1 aromatic carbocycles. The zero-order valence-corrected chi connectivity index (χ0v) is 13.4. The summed E-state index contributed by atoms with van der Waals surface area (Å²) in [6.45, 7) is 1.76. The summed E-state index contributed by atoms with van der Waals surface area (Å²) in [7, 11) is 0. The van der Waals surface area contributed by atoms with Crippen LogP contribution in [0.1, 0.15) is 40.0 Å². The van der Waals surface area contributed by atoms with Crippen LogP contribution in [0.4, 0.5) is 0 Å². The highest BCUT2D eigenvalue weighted by molar-refractivity contribution is 6.22. The van der Waals surface area contributed by atoms with Crippen molar-refractivity contribution >= 4 is 17.7 Å². The van der Waals surface area contributed by atoms with Crippen molar-refractivity contribution in [1.29, 1.82) is 0 Å². The largest absolute Gasteiger partial charge is 0.376 e. The van der Waals surface area contributed by atoms with Crippen molar-refractivity contribution in [1.82, 2.24) is 9.80 Å². The highest BCUT2D eigenvalue weighted by Crippen LogP contribution is 2.30. The van der Waals surface area contributed by atoms with Crippen LogP contribution in [-0.4, -0.2) is 59.9 Å². The molecule has 2 aliphatic heterocycles. The van der Waals surface area contributed by atoms with Crippen molar-refractivity contribution in [3.63, 3.8) is 0 Å². The third-order valence-electron chi connectivity index (χ3n) is 4.93. The number of imide groups is 1. The number of likely N-dealkylation sites (tertiary alicyclic amines) is 1. The number of hydrogen-bond acceptors (Lipinski definition) is 4. The van der Waals surface area contributed by atoms with Gasteiger partial charge in [-0.15, -0.1) is 0 Å². The molecule has 3 aliphatic rings. The van der Waals surface area contributed by atoms with Gasteiger partial charge in [-0.25, -0.2) is 0 Å². The lowest BCUT2D eigenvalue weighted by Crippen LogP contribution is -2.42. The fourth-order valence-electron chi connectivity index (χ4n) is 3.27. The summed E-state index contributed by atoms with van der Waals surface area (Å²) in [5.74, 6) is -0.260. The smallest absolute Gasteiger partial charge is 0.262 e. The molecule has 0 aromatic heterocycles. The van der Waals surface area contributed by atoms with E-state index in [1.165, 1.54) is 12.8 Å². The molecule has 2 fully saturated rings. The average molecular weight is 328 g/mol. The van der Waals surface area contributed by atoms with Crippen molar-refractivity contribution in [2.45, 2.75) is 25.4 Å². The predicted molar refractivity (Wildman–Crippen MR) is 85.5 cm³/mol. The molecule has 1 aliphatic carbocycles. The SMILES string of the molecule is O=C(CN1C(=O)c2ccccc2C1=O)N1CCC(OCC2CC2)C1. The first-order valence-corrected chi connectivity index (χ1v) is 8.48. The number of hydrogen-bond donors (Lipinski definition) is 0. The van der Waals surface area contributed by atoms with E-state index in [9.17, 15) is 14.4 Å². The number of nitrogens with zero attached hydrogens (tertiary/aromatic N) is 2. The summed E-state index contributed by atoms with van der Waals surface area (Å²) in [4.78, 5) is 39.8. The summed E-state index contributed by atoms with van der Waals surface area (Å²) in [6.07, 6.45) is 3.39. The second-order valence-corrected chi connectivity index (χ2v) is 6.77. The quantitative estimate of drug-likeness (QED) is 0.765. The second-order valence-electron chi connectivity index (χ2n) is 6.77. The molecule has 0 spiro atoms. The summed E-state index contributed by atoms with van der Waals surface area (Å²) in [5, 5.41) is 0. The molecule has 1 saturated heterocycles. The van der Waals surface area contributed by atoms with Gasteiger partial charge in [0, 0.05) is 19.7 Å². The van der Waals surface area contributed by atoms with E-state index >= 15 is 0 Å². The number of rotatable bonds is 5. The molecular formula is C18H20N2O4. The first-order chi connectivity index (χ1) is 11.6. The third-order valence-corrected chi connectivity index (χ3v) is 4.93. The first-order valence-electron chi connectivity index (χ1n) is 8.48. The Hall–Kier alpha value is -2.21. The molecule has 6 nitrogen and oxygen atoms in total. The zero-order valence-electron chi connectivity index (χ0n) is 13.4. The lowest BCUT2D eigenvalue weighted by Gasteiger charge is -2.20. The maximum Gasteiger partial charge on any atom is 0.262 e. The van der Waals surface area contributed by atoms with E-state index in [-0.39, 0.29) is 30.4 Å². The Morgan fingerprint density at radius 3 is 2.38 bits per heavy atom. The minimum absolute atomic E-state index is 0.0803. The van der Waals surface area contributed by atoms with Crippen molar-refractivity contribution in [3.8, 4) is 0 Å². The lowest BCUT2D eigenvalue weighted by molar-refractivity contribution is -0.131. The van der Waals surface area contributed by atoms with E-state index in [0.717, 1.165) is 17.9 Å². The summed E-state index contributed by atoms with van der Waals surface area (Å²) in [5.41, 5.74) is 0.754. The molecule has 1 saturated carbocycles. The number of amides is 3. The predicted octanol–water partition coefficient (Wildman–Crippen LogP) is 1.31. The maximum atomic E-state index is 12.5. The lowest BCUT2D eigenvalue weighted by atomic mass is 10.1. The third kappa shape index (κ3) is 2.82. The van der Waals surface area contributed by atoms with Crippen molar-refractivity contribution in [2.75, 3.05) is 26.2 Å². The van der Waals surface area contributed by atoms with E-state index in [1.54, 1.807) is 29.2 Å². The molecule has 24 heavy (non-hydrogen) atoms. The number of carbonyl (C=O) groups excluding carboxylic acids is 3. The zero-order chi connectivity index (χ0) is 16.7. The second kappa shape index (κ2) is 6.02. The summed E-state index contributed by atoms with van der Waals surface area (Å²) < 4.78 is 5.83. The van der Waals surface area contributed by atoms with Crippen molar-refractivity contribution in [3.05, 3.63) is 35.4 Å². The number of benzene rings is 1. The monoisotopic (exact) mass is 328 g/mol. The van der Waals surface area contributed by atoms with Crippen molar-refractivity contribution in [2.24, 2.45) is 5.92 Å². The van der Waals surface area contributed by atoms with Gasteiger partial charge in [-0.2, -0.15) is 0 Å². The molecule has 0 bridgehead atoms. The van der Waals surface area contributed by atoms with Gasteiger partial charge < -0.3 is 9.64 Å². The van der Waals surface area contributed by atoms with E-state index in [4.69, 9.17) is 4.74 Å². The molecule has 1 unspecified atom stereocenters. The van der Waals surface area contributed by atoms with Gasteiger partial charge in [0.2, 0.25) is 5.91 Å². The fraction of sp³-hybridized carbons (Fsp3) is 0.500. The van der Waals surface area contributed by atoms with Gasteiger partial charge in [-0.1, -0.05) is 12.1 Å². The topological polar surface area (TPSA) is 66.9 Å². The van der Waals surface area contributed by atoms with Crippen molar-refractivity contribution < 1.29 is 19.1 Å². The highest BCUT2D eigenvalue weighted by atomic mass is 16.5. The minimum atomic E-state index is -0.385. The maximum absolute atomic E-state index is 12.5. The van der Waals surface area contributed by atoms with Gasteiger partial charge in [0.1, 0.15) is 6.54 Å². The summed E-state index contributed by atoms with van der Waals surface area (Å²) in [6, 6.07) is 6.69. The molecule has 2 heterocycles. The molecule has 6 heteroatoms. The van der Waals surface area contributed by atoms with Crippen LogP contribution in [0.3, 0.4) is 0 Å². The van der Waals surface area contributed by atoms with Gasteiger partial charge in [0.15, 0.2) is 0 Å². The molecular weight excluding hydrogens is 308 g/mol. The van der Waals surface area contributed by atoms with Crippen LogP contribution in [0.15, 0.2) is 24.3 Å². The van der Waals surface area contributed by atoms with Gasteiger partial charge in [0.05, 0.1) is 17.2 Å². The Kier molecular flexibility index (Phi) is 3.84. The van der Waals surface area contributed by atoms with E-state index < -0.39 is 0 Å². The number of ether oxygens (including phenoxy) is 1. The Bertz CT molecular complexity index is 663. The van der Waals surface area contributed by atoms with Crippen LogP contribution >= 0.6 is 0 Å². The van der Waals surface area contributed by atoms with Crippen LogP contribution < -0.4 is 0 Å². The Labute approximate surface area is 140 Å². The number of carbonyl (C=O) groups is 3. The van der Waals surface area contributed by atoms with Gasteiger partial charge >= 0.3 is 0 Å². The van der Waals surface area contributed by atoms with Crippen LogP contribution in [-0.2, 0) is 9.53 Å². The Morgan fingerprint density at radius 1 is 1.08 bits per heavy atom. The molecule has 0 N–H and O–H groups in total. The molecule has 1 atom stereocenters. The Morgan fingerprint density at radius 2 is 1.75 bits per heavy atom. The van der Waals surface area contributed by atoms with Gasteiger partial charge in [-0.05, 0) is 37.3 Å². The standard InChI is InChI=1S/C18H20N2O4/c21-16(19-8-7-13(9-19)24-11-12-5-6-12)10-20-17(22)14-3-1-2-4-15(14)18(20)23/h1-4,12-13H,5-11H2. The van der Waals surface area contributed by atoms with Crippen LogP contribution in [0.25, 0.3) is 0 Å². The molecule has 126 valence electrons. The molecule has 3 amide bonds. The highest BCUT2D eigenvalue weighted by Gasteiger charge is 2.38. The molecule has 0 radical (unpaired) electrons. The summed E-state index contributed by atoms with van der Waals surface area (Å²) >= 11 is 0. The van der Waals surface area contributed by atoms with Crippen LogP contribution in [0.5, 0.6) is 0 Å². The van der Waals surface area contributed by atoms with E-state index in [0.29, 0.717) is 30.1 Å². The van der Waals surface area contributed by atoms with Gasteiger partial charge in [0.25, 0.3) is 11.8 Å². The van der Waals surface area contributed by atoms with E-state index in [1.807, 2.05) is 0 Å². The normalized spacial score (nSPS) is 23.1. The molecule has 4 rings (SSSR count). The first kappa shape index (κ1) is 15.3. The number of fused-ring (bicyclic) bond motifs is 1. The van der Waals surface area contributed by atoms with Crippen LogP contribution in [0, 0.1) is 5.92 Å². The molecule has 1 aromatic rings. The minimum Gasteiger partial charge on any atom is -0.376 e. The van der Waals surface area contributed by atoms with Crippen LogP contribution in [0.2, 0.25) is 0 Å². The Balaban J connectivity index is 1.35. The fourth-order valence-corrected chi connectivity index (χ4v) is 3.27. The van der Waals surface area contributed by atoms with E-state index in [2.05, 4.69) is 0 Å².